The highest BCUT2D eigenvalue weighted by atomic mass is 79.9. The Labute approximate surface area is 108 Å². The molecule has 5 heteroatoms. The van der Waals surface area contributed by atoms with Gasteiger partial charge in [-0.1, -0.05) is 15.9 Å². The maximum Gasteiger partial charge on any atom is 0.408 e. The van der Waals surface area contributed by atoms with Crippen LogP contribution >= 0.6 is 15.9 Å². The van der Waals surface area contributed by atoms with E-state index in [9.17, 15) is 9.18 Å². The fourth-order valence-electron chi connectivity index (χ4n) is 1.43. The van der Waals surface area contributed by atoms with Crippen LogP contribution in [0.3, 0.4) is 0 Å². The van der Waals surface area contributed by atoms with Gasteiger partial charge in [-0.15, -0.1) is 0 Å². The monoisotopic (exact) mass is 303 g/mol. The first-order chi connectivity index (χ1) is 7.71. The number of nitrogens with zero attached hydrogens (tertiary/aromatic N) is 1. The summed E-state index contributed by atoms with van der Waals surface area (Å²) in [5.41, 5.74) is -0.211. The van der Waals surface area contributed by atoms with Crippen molar-refractivity contribution in [1.29, 1.82) is 0 Å². The molecule has 1 amide bonds. The first-order valence-corrected chi connectivity index (χ1v) is 5.95. The molecule has 1 rings (SSSR count). The third kappa shape index (κ3) is 3.70. The molecule has 0 unspecified atom stereocenters. The fraction of sp³-hybridized carbons (Fsp3) is 0.417. The summed E-state index contributed by atoms with van der Waals surface area (Å²) >= 11 is 3.24. The summed E-state index contributed by atoms with van der Waals surface area (Å²) in [5.74, 6) is -0.399. The van der Waals surface area contributed by atoms with Crippen molar-refractivity contribution < 1.29 is 14.3 Å². The first kappa shape index (κ1) is 14.0. The van der Waals surface area contributed by atoms with Crippen LogP contribution in [0.25, 0.3) is 0 Å². The highest BCUT2D eigenvalue weighted by Crippen LogP contribution is 2.21. The minimum atomic E-state index is -1.06. The van der Waals surface area contributed by atoms with Gasteiger partial charge in [0.15, 0.2) is 0 Å². The Morgan fingerprint density at radius 3 is 2.53 bits per heavy atom. The molecule has 17 heavy (non-hydrogen) atoms. The maximum atomic E-state index is 13.5. The molecule has 0 bridgehead atoms. The van der Waals surface area contributed by atoms with Gasteiger partial charge in [0, 0.05) is 15.6 Å². The van der Waals surface area contributed by atoms with E-state index >= 15 is 0 Å². The second-order valence-electron chi connectivity index (χ2n) is 4.78. The standard InChI is InChI=1S/C12H15BrFNO2/c1-12(2,3)15(11(16)17)7-8-6-9(13)4-5-10(8)14/h4-6H,7H2,1-3H3,(H,16,17). The number of amides is 1. The summed E-state index contributed by atoms with van der Waals surface area (Å²) in [4.78, 5) is 12.3. The smallest absolute Gasteiger partial charge is 0.408 e. The second kappa shape index (κ2) is 5.04. The molecule has 0 saturated heterocycles. The van der Waals surface area contributed by atoms with Gasteiger partial charge in [0.1, 0.15) is 5.82 Å². The van der Waals surface area contributed by atoms with Crippen molar-refractivity contribution in [3.8, 4) is 0 Å². The zero-order chi connectivity index (χ0) is 13.2. The lowest BCUT2D eigenvalue weighted by molar-refractivity contribution is 0.0948. The summed E-state index contributed by atoms with van der Waals surface area (Å²) in [6.07, 6.45) is -1.06. The van der Waals surface area contributed by atoms with E-state index in [0.717, 1.165) is 4.47 Å². The van der Waals surface area contributed by atoms with Gasteiger partial charge in [-0.2, -0.15) is 0 Å². The Balaban J connectivity index is 3.02. The molecule has 94 valence electrons. The predicted molar refractivity (Wildman–Crippen MR) is 67.4 cm³/mol. The van der Waals surface area contributed by atoms with Crippen molar-refractivity contribution in [3.05, 3.63) is 34.1 Å². The van der Waals surface area contributed by atoms with Gasteiger partial charge >= 0.3 is 6.09 Å². The maximum absolute atomic E-state index is 13.5. The Morgan fingerprint density at radius 2 is 2.06 bits per heavy atom. The molecular weight excluding hydrogens is 289 g/mol. The molecule has 0 aliphatic heterocycles. The molecule has 0 aromatic heterocycles. The van der Waals surface area contributed by atoms with Gasteiger partial charge in [-0.05, 0) is 39.0 Å². The van der Waals surface area contributed by atoms with E-state index in [4.69, 9.17) is 5.11 Å². The van der Waals surface area contributed by atoms with Gasteiger partial charge in [0.2, 0.25) is 0 Å². The van der Waals surface area contributed by atoms with Gasteiger partial charge in [-0.3, -0.25) is 4.90 Å². The zero-order valence-corrected chi connectivity index (χ0v) is 11.6. The topological polar surface area (TPSA) is 40.5 Å². The number of benzene rings is 1. The molecule has 1 aromatic rings. The van der Waals surface area contributed by atoms with E-state index in [-0.39, 0.29) is 6.54 Å². The van der Waals surface area contributed by atoms with E-state index in [0.29, 0.717) is 5.56 Å². The van der Waals surface area contributed by atoms with Crippen LogP contribution in [0.1, 0.15) is 26.3 Å². The number of hydrogen-bond donors (Lipinski definition) is 1. The van der Waals surface area contributed by atoms with Crippen LogP contribution in [0.15, 0.2) is 22.7 Å². The van der Waals surface area contributed by atoms with Crippen molar-refractivity contribution in [3.63, 3.8) is 0 Å². The molecule has 0 heterocycles. The summed E-state index contributed by atoms with van der Waals surface area (Å²) in [6.45, 7) is 5.36. The Kier molecular flexibility index (Phi) is 4.14. The fourth-order valence-corrected chi connectivity index (χ4v) is 1.84. The zero-order valence-electron chi connectivity index (χ0n) is 10.00. The van der Waals surface area contributed by atoms with Crippen molar-refractivity contribution in [2.75, 3.05) is 0 Å². The minimum Gasteiger partial charge on any atom is -0.465 e. The molecule has 1 aromatic carbocycles. The van der Waals surface area contributed by atoms with Crippen LogP contribution in [0.2, 0.25) is 0 Å². The first-order valence-electron chi connectivity index (χ1n) is 5.16. The Hall–Kier alpha value is -1.10. The molecular formula is C12H15BrFNO2. The predicted octanol–water partition coefficient (Wildman–Crippen LogP) is 3.87. The Morgan fingerprint density at radius 1 is 1.47 bits per heavy atom. The van der Waals surface area contributed by atoms with Crippen LogP contribution in [0.5, 0.6) is 0 Å². The average molecular weight is 304 g/mol. The van der Waals surface area contributed by atoms with E-state index in [2.05, 4.69) is 15.9 Å². The van der Waals surface area contributed by atoms with Gasteiger partial charge in [-0.25, -0.2) is 9.18 Å². The number of rotatable bonds is 2. The van der Waals surface area contributed by atoms with E-state index in [1.54, 1.807) is 32.9 Å². The third-order valence-corrected chi connectivity index (χ3v) is 2.87. The number of halogens is 2. The summed E-state index contributed by atoms with van der Waals surface area (Å²) in [6, 6.07) is 4.50. The van der Waals surface area contributed by atoms with Crippen LogP contribution < -0.4 is 0 Å². The largest absolute Gasteiger partial charge is 0.465 e. The lowest BCUT2D eigenvalue weighted by Crippen LogP contribution is -2.44. The molecule has 0 saturated carbocycles. The molecule has 0 radical (unpaired) electrons. The molecule has 0 aliphatic rings. The highest BCUT2D eigenvalue weighted by Gasteiger charge is 2.26. The summed E-state index contributed by atoms with van der Waals surface area (Å²) in [5, 5.41) is 9.12. The van der Waals surface area contributed by atoms with Crippen molar-refractivity contribution >= 4 is 22.0 Å². The molecule has 0 spiro atoms. The minimum absolute atomic E-state index is 0.0319. The number of hydrogen-bond acceptors (Lipinski definition) is 1. The van der Waals surface area contributed by atoms with Gasteiger partial charge < -0.3 is 5.11 Å². The van der Waals surface area contributed by atoms with Crippen LogP contribution in [-0.4, -0.2) is 21.6 Å². The quantitative estimate of drug-likeness (QED) is 0.901. The van der Waals surface area contributed by atoms with E-state index in [1.807, 2.05) is 0 Å². The van der Waals surface area contributed by atoms with Gasteiger partial charge in [0.25, 0.3) is 0 Å². The molecule has 0 aliphatic carbocycles. The van der Waals surface area contributed by atoms with Crippen LogP contribution in [0.4, 0.5) is 9.18 Å². The second-order valence-corrected chi connectivity index (χ2v) is 5.69. The lowest BCUT2D eigenvalue weighted by atomic mass is 10.1. The van der Waals surface area contributed by atoms with Crippen molar-refractivity contribution in [2.45, 2.75) is 32.9 Å². The molecule has 0 atom stereocenters. The SMILES string of the molecule is CC(C)(C)N(Cc1cc(Br)ccc1F)C(=O)O. The highest BCUT2D eigenvalue weighted by molar-refractivity contribution is 9.10. The normalized spacial score (nSPS) is 11.4. The van der Waals surface area contributed by atoms with Crippen LogP contribution in [-0.2, 0) is 6.54 Å². The van der Waals surface area contributed by atoms with Crippen molar-refractivity contribution in [1.82, 2.24) is 4.90 Å². The molecule has 1 N–H and O–H groups in total. The average Bonchev–Trinajstić information content (AvgIpc) is 2.17. The summed E-state index contributed by atoms with van der Waals surface area (Å²) < 4.78 is 14.3. The number of carbonyl (C=O) groups is 1. The Bertz CT molecular complexity index is 429. The molecule has 3 nitrogen and oxygen atoms in total. The third-order valence-electron chi connectivity index (χ3n) is 2.38. The van der Waals surface area contributed by atoms with E-state index in [1.165, 1.54) is 11.0 Å². The lowest BCUT2D eigenvalue weighted by Gasteiger charge is -2.33. The van der Waals surface area contributed by atoms with Gasteiger partial charge in [0.05, 0.1) is 6.54 Å². The van der Waals surface area contributed by atoms with E-state index < -0.39 is 17.4 Å². The summed E-state index contributed by atoms with van der Waals surface area (Å²) in [7, 11) is 0. The van der Waals surface area contributed by atoms with Crippen LogP contribution in [0, 0.1) is 5.82 Å². The molecule has 0 fully saturated rings. The van der Waals surface area contributed by atoms with Crippen molar-refractivity contribution in [2.24, 2.45) is 0 Å². The number of carboxylic acid groups (broad SMARTS) is 1.